The summed E-state index contributed by atoms with van der Waals surface area (Å²) < 4.78 is 0. The van der Waals surface area contributed by atoms with Crippen molar-refractivity contribution >= 4 is 17.6 Å². The fourth-order valence-corrected chi connectivity index (χ4v) is 7.02. The van der Waals surface area contributed by atoms with Crippen LogP contribution < -0.4 is 11.1 Å². The van der Waals surface area contributed by atoms with E-state index in [1.54, 1.807) is 12.4 Å². The number of carbonyl (C=O) groups excluding carboxylic acids is 2. The molecule has 1 aromatic heterocycles. The molecule has 0 radical (unpaired) electrons. The van der Waals surface area contributed by atoms with Crippen molar-refractivity contribution in [2.75, 3.05) is 6.54 Å². The lowest BCUT2D eigenvalue weighted by molar-refractivity contribution is -0.144. The zero-order valence-corrected chi connectivity index (χ0v) is 18.5. The Balaban J connectivity index is 1.40. The first-order chi connectivity index (χ1) is 15.3. The normalized spacial score (nSPS) is 38.1. The quantitative estimate of drug-likeness (QED) is 0.317. The Labute approximate surface area is 188 Å². The van der Waals surface area contributed by atoms with Crippen molar-refractivity contribution in [2.45, 2.75) is 58.0 Å². The van der Waals surface area contributed by atoms with E-state index < -0.39 is 5.41 Å². The Bertz CT molecular complexity index is 985. The standard InChI is InChI=1S/C24H30N6O2/c1-23(4-6-30(22(23)32)13-15-3-2-5-27-12-15)21(28-14-25)29-19-17-7-16-8-18(19)11-24(9-16,10-17)20(26)31/h2-3,5,12,16-19H,4,6-11,13H2,1H3,(H2,26,31)(H,28,29). The maximum absolute atomic E-state index is 13.4. The highest BCUT2D eigenvalue weighted by atomic mass is 16.2. The molecule has 4 saturated carbocycles. The summed E-state index contributed by atoms with van der Waals surface area (Å²) in [4.78, 5) is 36.7. The second-order valence-corrected chi connectivity index (χ2v) is 10.5. The van der Waals surface area contributed by atoms with E-state index >= 15 is 0 Å². The molecule has 3 unspecified atom stereocenters. The second-order valence-electron chi connectivity index (χ2n) is 10.5. The Morgan fingerprint density at radius 2 is 2.12 bits per heavy atom. The number of amidine groups is 1. The maximum Gasteiger partial charge on any atom is 0.236 e. The van der Waals surface area contributed by atoms with Crippen LogP contribution in [-0.4, -0.2) is 40.1 Å². The summed E-state index contributed by atoms with van der Waals surface area (Å²) in [6, 6.07) is 3.86. The molecule has 2 heterocycles. The van der Waals surface area contributed by atoms with Gasteiger partial charge in [-0.3, -0.25) is 24.9 Å². The van der Waals surface area contributed by atoms with Crippen molar-refractivity contribution in [3.63, 3.8) is 0 Å². The number of nitrogens with zero attached hydrogens (tertiary/aromatic N) is 4. The van der Waals surface area contributed by atoms with Gasteiger partial charge >= 0.3 is 0 Å². The number of amides is 2. The van der Waals surface area contributed by atoms with E-state index in [1.165, 1.54) is 0 Å². The van der Waals surface area contributed by atoms with Gasteiger partial charge in [0.2, 0.25) is 11.8 Å². The first kappa shape index (κ1) is 20.9. The molecule has 5 fully saturated rings. The van der Waals surface area contributed by atoms with Crippen LogP contribution >= 0.6 is 0 Å². The monoisotopic (exact) mass is 434 g/mol. The average molecular weight is 435 g/mol. The predicted molar refractivity (Wildman–Crippen MR) is 118 cm³/mol. The molecule has 0 aromatic carbocycles. The Kier molecular flexibility index (Phi) is 4.95. The number of nitrogens with two attached hydrogens (primary N) is 1. The molecule has 32 heavy (non-hydrogen) atoms. The number of likely N-dealkylation sites (tertiary alicyclic amines) is 1. The van der Waals surface area contributed by atoms with Crippen LogP contribution in [0.25, 0.3) is 0 Å². The molecular formula is C24H30N6O2. The number of hydrogen-bond acceptors (Lipinski definition) is 5. The number of nitriles is 1. The molecule has 4 bridgehead atoms. The van der Waals surface area contributed by atoms with E-state index in [0.29, 0.717) is 31.3 Å². The summed E-state index contributed by atoms with van der Waals surface area (Å²) >= 11 is 0. The van der Waals surface area contributed by atoms with Crippen molar-refractivity contribution in [3.8, 4) is 6.19 Å². The molecule has 0 spiro atoms. The van der Waals surface area contributed by atoms with Crippen LogP contribution in [0, 0.1) is 40.0 Å². The lowest BCUT2D eigenvalue weighted by Gasteiger charge is -2.57. The third-order valence-electron chi connectivity index (χ3n) is 8.46. The minimum absolute atomic E-state index is 0.0136. The molecule has 1 saturated heterocycles. The molecule has 2 amide bonds. The van der Waals surface area contributed by atoms with Crippen molar-refractivity contribution in [2.24, 2.45) is 39.3 Å². The van der Waals surface area contributed by atoms with Gasteiger partial charge < -0.3 is 10.6 Å². The molecule has 3 atom stereocenters. The van der Waals surface area contributed by atoms with E-state index in [-0.39, 0.29) is 35.1 Å². The van der Waals surface area contributed by atoms with Crippen molar-refractivity contribution in [1.82, 2.24) is 15.2 Å². The Morgan fingerprint density at radius 1 is 1.38 bits per heavy atom. The summed E-state index contributed by atoms with van der Waals surface area (Å²) in [5.74, 6) is 1.41. The van der Waals surface area contributed by atoms with E-state index in [2.05, 4.69) is 10.3 Å². The summed E-state index contributed by atoms with van der Waals surface area (Å²) in [5.41, 5.74) is 5.57. The maximum atomic E-state index is 13.4. The lowest BCUT2D eigenvalue weighted by atomic mass is 9.47. The number of aromatic nitrogens is 1. The van der Waals surface area contributed by atoms with E-state index in [1.807, 2.05) is 30.1 Å². The molecule has 168 valence electrons. The number of hydrogen-bond donors (Lipinski definition) is 2. The SMILES string of the molecule is CC1(C(=NC2C3CC4CC2CC(C(N)=O)(C4)C3)NC#N)CCN(Cc2cccnc2)C1=O. The number of nitrogens with one attached hydrogen (secondary N) is 1. The summed E-state index contributed by atoms with van der Waals surface area (Å²) in [6.07, 6.45) is 10.7. The van der Waals surface area contributed by atoms with E-state index in [9.17, 15) is 14.9 Å². The first-order valence-electron chi connectivity index (χ1n) is 11.6. The van der Waals surface area contributed by atoms with E-state index in [0.717, 1.165) is 37.7 Å². The molecule has 8 nitrogen and oxygen atoms in total. The highest BCUT2D eigenvalue weighted by molar-refractivity contribution is 6.09. The zero-order valence-electron chi connectivity index (χ0n) is 18.5. The number of rotatable bonds is 5. The number of aliphatic imine (C=N–C) groups is 1. The second kappa shape index (κ2) is 7.58. The molecular weight excluding hydrogens is 404 g/mol. The smallest absolute Gasteiger partial charge is 0.236 e. The third kappa shape index (κ3) is 3.26. The molecule has 1 aromatic rings. The molecule has 6 rings (SSSR count). The van der Waals surface area contributed by atoms with Gasteiger partial charge in [0.1, 0.15) is 11.3 Å². The highest BCUT2D eigenvalue weighted by Crippen LogP contribution is 2.60. The van der Waals surface area contributed by atoms with Gasteiger partial charge in [-0.25, -0.2) is 0 Å². The van der Waals surface area contributed by atoms with Gasteiger partial charge in [-0.2, -0.15) is 5.26 Å². The van der Waals surface area contributed by atoms with Crippen molar-refractivity contribution < 1.29 is 9.59 Å². The lowest BCUT2D eigenvalue weighted by Crippen LogP contribution is -2.58. The fraction of sp³-hybridized carbons (Fsp3) is 0.625. The summed E-state index contributed by atoms with van der Waals surface area (Å²) in [6.45, 7) is 3.00. The summed E-state index contributed by atoms with van der Waals surface area (Å²) in [7, 11) is 0. The van der Waals surface area contributed by atoms with Crippen LogP contribution in [-0.2, 0) is 16.1 Å². The zero-order chi connectivity index (χ0) is 22.5. The molecule has 4 aliphatic carbocycles. The molecule has 1 aliphatic heterocycles. The topological polar surface area (TPSA) is 124 Å². The summed E-state index contributed by atoms with van der Waals surface area (Å²) in [5, 5.41) is 12.2. The van der Waals surface area contributed by atoms with Crippen LogP contribution in [0.3, 0.4) is 0 Å². The van der Waals surface area contributed by atoms with Gasteiger partial charge in [0, 0.05) is 30.9 Å². The Morgan fingerprint density at radius 3 is 2.75 bits per heavy atom. The number of carbonyl (C=O) groups is 2. The minimum Gasteiger partial charge on any atom is -0.369 e. The van der Waals surface area contributed by atoms with Gasteiger partial charge in [0.15, 0.2) is 6.19 Å². The molecule has 3 N–H and O–H groups in total. The average Bonchev–Trinajstić information content (AvgIpc) is 3.05. The van der Waals surface area contributed by atoms with Gasteiger partial charge in [-0.05, 0) is 74.8 Å². The van der Waals surface area contributed by atoms with Gasteiger partial charge in [0.25, 0.3) is 0 Å². The van der Waals surface area contributed by atoms with Crippen molar-refractivity contribution in [1.29, 1.82) is 5.26 Å². The number of pyridine rings is 1. The fourth-order valence-electron chi connectivity index (χ4n) is 7.02. The van der Waals surface area contributed by atoms with Gasteiger partial charge in [-0.1, -0.05) is 6.07 Å². The largest absolute Gasteiger partial charge is 0.369 e. The minimum atomic E-state index is -0.853. The van der Waals surface area contributed by atoms with Crippen LogP contribution in [0.5, 0.6) is 0 Å². The van der Waals surface area contributed by atoms with Gasteiger partial charge in [0.05, 0.1) is 6.04 Å². The molecule has 5 aliphatic rings. The Hall–Kier alpha value is -2.95. The van der Waals surface area contributed by atoms with Crippen LogP contribution in [0.15, 0.2) is 29.5 Å². The van der Waals surface area contributed by atoms with Crippen molar-refractivity contribution in [3.05, 3.63) is 30.1 Å². The van der Waals surface area contributed by atoms with Gasteiger partial charge in [-0.15, -0.1) is 0 Å². The number of primary amides is 1. The highest BCUT2D eigenvalue weighted by Gasteiger charge is 2.58. The van der Waals surface area contributed by atoms with Crippen LogP contribution in [0.2, 0.25) is 0 Å². The predicted octanol–water partition coefficient (Wildman–Crippen LogP) is 1.97. The van der Waals surface area contributed by atoms with E-state index in [4.69, 9.17) is 10.7 Å². The molecule has 8 heteroatoms. The van der Waals surface area contributed by atoms with Crippen LogP contribution in [0.1, 0.15) is 51.0 Å². The third-order valence-corrected chi connectivity index (χ3v) is 8.46. The van der Waals surface area contributed by atoms with Crippen LogP contribution in [0.4, 0.5) is 0 Å². The first-order valence-corrected chi connectivity index (χ1v) is 11.6.